The third-order valence-electron chi connectivity index (χ3n) is 5.67. The van der Waals surface area contributed by atoms with Gasteiger partial charge in [-0.25, -0.2) is 4.79 Å². The van der Waals surface area contributed by atoms with Crippen molar-refractivity contribution >= 4 is 12.1 Å². The average Bonchev–Trinajstić information content (AvgIpc) is 2.92. The molecule has 2 aliphatic heterocycles. The Hall–Kier alpha value is -1.30. The fraction of sp³-hybridized carbons (Fsp3) is 0.867. The summed E-state index contributed by atoms with van der Waals surface area (Å²) in [5, 5.41) is 9.01. The number of ether oxygens (including phenoxy) is 1. The molecular weight excluding hydrogens is 272 g/mol. The zero-order valence-electron chi connectivity index (χ0n) is 12.6. The Kier molecular flexibility index (Phi) is 3.82. The predicted octanol–water partition coefficient (Wildman–Crippen LogP) is 1.55. The van der Waals surface area contributed by atoms with Crippen LogP contribution in [0.3, 0.4) is 0 Å². The van der Waals surface area contributed by atoms with Gasteiger partial charge in [0, 0.05) is 19.1 Å². The molecule has 1 spiro atoms. The smallest absolute Gasteiger partial charge is 0.407 e. The molecule has 1 amide bonds. The molecular formula is C15H24N2O4. The molecule has 21 heavy (non-hydrogen) atoms. The zero-order valence-corrected chi connectivity index (χ0v) is 12.6. The van der Waals surface area contributed by atoms with Gasteiger partial charge in [0.25, 0.3) is 0 Å². The molecule has 0 aromatic carbocycles. The van der Waals surface area contributed by atoms with Crippen LogP contribution in [-0.4, -0.2) is 65.8 Å². The van der Waals surface area contributed by atoms with E-state index in [1.165, 1.54) is 12.0 Å². The first-order valence-electron chi connectivity index (χ1n) is 7.86. The van der Waals surface area contributed by atoms with E-state index in [0.29, 0.717) is 24.5 Å². The number of hydrogen-bond acceptors (Lipinski definition) is 4. The topological polar surface area (TPSA) is 70.1 Å². The van der Waals surface area contributed by atoms with Crippen molar-refractivity contribution in [1.82, 2.24) is 9.80 Å². The summed E-state index contributed by atoms with van der Waals surface area (Å²) in [6.45, 7) is 2.30. The third-order valence-corrected chi connectivity index (χ3v) is 5.67. The van der Waals surface area contributed by atoms with Crippen LogP contribution in [-0.2, 0) is 9.53 Å². The summed E-state index contributed by atoms with van der Waals surface area (Å²) in [6.07, 6.45) is 5.31. The molecule has 0 radical (unpaired) electrons. The quantitative estimate of drug-likeness (QED) is 0.783. The van der Waals surface area contributed by atoms with Gasteiger partial charge in [0.05, 0.1) is 7.11 Å². The number of carbonyl (C=O) groups excluding carboxylic acids is 1. The molecule has 0 bridgehead atoms. The highest BCUT2D eigenvalue weighted by molar-refractivity contribution is 5.76. The van der Waals surface area contributed by atoms with Crippen LogP contribution in [0.25, 0.3) is 0 Å². The maximum atomic E-state index is 11.8. The van der Waals surface area contributed by atoms with Crippen LogP contribution in [0.2, 0.25) is 0 Å². The molecule has 3 rings (SSSR count). The minimum absolute atomic E-state index is 0.0588. The third kappa shape index (κ3) is 2.61. The minimum atomic E-state index is -0.800. The lowest BCUT2D eigenvalue weighted by molar-refractivity contribution is -0.149. The van der Waals surface area contributed by atoms with E-state index in [2.05, 4.69) is 4.90 Å². The van der Waals surface area contributed by atoms with Gasteiger partial charge in [0.15, 0.2) is 0 Å². The van der Waals surface area contributed by atoms with E-state index in [0.717, 1.165) is 45.1 Å². The lowest BCUT2D eigenvalue weighted by Crippen LogP contribution is -2.57. The highest BCUT2D eigenvalue weighted by Gasteiger charge is 2.51. The highest BCUT2D eigenvalue weighted by Crippen LogP contribution is 2.52. The molecule has 3 fully saturated rings. The molecule has 1 atom stereocenters. The average molecular weight is 296 g/mol. The minimum Gasteiger partial charge on any atom is -0.468 e. The van der Waals surface area contributed by atoms with Crippen molar-refractivity contribution in [3.05, 3.63) is 0 Å². The number of hydrogen-bond donors (Lipinski definition) is 1. The van der Waals surface area contributed by atoms with Crippen molar-refractivity contribution < 1.29 is 19.4 Å². The lowest BCUT2D eigenvalue weighted by atomic mass is 9.60. The second-order valence-corrected chi connectivity index (χ2v) is 6.75. The summed E-state index contributed by atoms with van der Waals surface area (Å²) in [5.41, 5.74) is 0.319. The molecule has 118 valence electrons. The van der Waals surface area contributed by atoms with Gasteiger partial charge in [-0.1, -0.05) is 0 Å². The first kappa shape index (κ1) is 14.6. The van der Waals surface area contributed by atoms with Gasteiger partial charge in [0.2, 0.25) is 0 Å². The summed E-state index contributed by atoms with van der Waals surface area (Å²) in [6, 6.07) is 0.421. The Morgan fingerprint density at radius 3 is 2.43 bits per heavy atom. The van der Waals surface area contributed by atoms with Gasteiger partial charge in [-0.05, 0) is 50.5 Å². The first-order valence-corrected chi connectivity index (χ1v) is 7.86. The number of rotatable bonds is 2. The van der Waals surface area contributed by atoms with E-state index >= 15 is 0 Å². The molecule has 6 nitrogen and oxygen atoms in total. The summed E-state index contributed by atoms with van der Waals surface area (Å²) < 4.78 is 4.91. The van der Waals surface area contributed by atoms with Gasteiger partial charge >= 0.3 is 12.1 Å². The fourth-order valence-electron chi connectivity index (χ4n) is 4.37. The van der Waals surface area contributed by atoms with E-state index in [1.807, 2.05) is 0 Å². The largest absolute Gasteiger partial charge is 0.468 e. The number of nitrogens with zero attached hydrogens (tertiary/aromatic N) is 2. The van der Waals surface area contributed by atoms with Crippen molar-refractivity contribution in [2.75, 3.05) is 26.7 Å². The molecule has 1 aliphatic carbocycles. The maximum Gasteiger partial charge on any atom is 0.407 e. The van der Waals surface area contributed by atoms with Crippen LogP contribution in [0.5, 0.6) is 0 Å². The second-order valence-electron chi connectivity index (χ2n) is 6.75. The lowest BCUT2D eigenvalue weighted by Gasteiger charge is -2.55. The molecule has 2 saturated heterocycles. The Morgan fingerprint density at radius 2 is 1.86 bits per heavy atom. The van der Waals surface area contributed by atoms with E-state index in [1.54, 1.807) is 0 Å². The molecule has 0 aromatic heterocycles. The SMILES string of the molecule is COC(=O)[C@H]1CCCN1C1CC2(CCN(C(=O)O)CC2)C1. The van der Waals surface area contributed by atoms with E-state index in [4.69, 9.17) is 9.84 Å². The van der Waals surface area contributed by atoms with E-state index in [-0.39, 0.29) is 12.0 Å². The highest BCUT2D eigenvalue weighted by atomic mass is 16.5. The summed E-state index contributed by atoms with van der Waals surface area (Å²) in [7, 11) is 1.46. The monoisotopic (exact) mass is 296 g/mol. The van der Waals surface area contributed by atoms with E-state index in [9.17, 15) is 9.59 Å². The number of carbonyl (C=O) groups is 2. The standard InChI is InChI=1S/C15H24N2O4/c1-21-13(18)12-3-2-6-17(12)11-9-15(10-11)4-7-16(8-5-15)14(19)20/h11-12H,2-10H2,1H3,(H,19,20)/t12-/m1/s1. The molecule has 0 unspecified atom stereocenters. The Balaban J connectivity index is 1.54. The van der Waals surface area contributed by atoms with Crippen molar-refractivity contribution in [1.29, 1.82) is 0 Å². The van der Waals surface area contributed by atoms with Gasteiger partial charge < -0.3 is 14.7 Å². The second kappa shape index (κ2) is 5.48. The van der Waals surface area contributed by atoms with Crippen LogP contribution < -0.4 is 0 Å². The maximum absolute atomic E-state index is 11.8. The molecule has 2 heterocycles. The molecule has 6 heteroatoms. The van der Waals surface area contributed by atoms with Crippen LogP contribution in [0, 0.1) is 5.41 Å². The van der Waals surface area contributed by atoms with Crippen molar-refractivity contribution in [2.24, 2.45) is 5.41 Å². The van der Waals surface area contributed by atoms with Crippen LogP contribution in [0.4, 0.5) is 4.79 Å². The van der Waals surface area contributed by atoms with Gasteiger partial charge in [0.1, 0.15) is 6.04 Å². The summed E-state index contributed by atoms with van der Waals surface area (Å²) >= 11 is 0. The van der Waals surface area contributed by atoms with E-state index < -0.39 is 6.09 Å². The predicted molar refractivity (Wildman–Crippen MR) is 76.0 cm³/mol. The number of methoxy groups -OCH3 is 1. The van der Waals surface area contributed by atoms with Crippen molar-refractivity contribution in [3.8, 4) is 0 Å². The van der Waals surface area contributed by atoms with Crippen LogP contribution >= 0.6 is 0 Å². The molecule has 0 aromatic rings. The van der Waals surface area contributed by atoms with Gasteiger partial charge in [-0.2, -0.15) is 0 Å². The number of amides is 1. The summed E-state index contributed by atoms with van der Waals surface area (Å²) in [4.78, 5) is 26.6. The van der Waals surface area contributed by atoms with Gasteiger partial charge in [-0.15, -0.1) is 0 Å². The molecule has 1 saturated carbocycles. The Morgan fingerprint density at radius 1 is 1.19 bits per heavy atom. The zero-order chi connectivity index (χ0) is 15.0. The fourth-order valence-corrected chi connectivity index (χ4v) is 4.37. The Bertz CT molecular complexity index is 423. The Labute approximate surface area is 125 Å². The summed E-state index contributed by atoms with van der Waals surface area (Å²) in [5.74, 6) is -0.103. The number of esters is 1. The first-order chi connectivity index (χ1) is 10.0. The van der Waals surface area contributed by atoms with Crippen molar-refractivity contribution in [2.45, 2.75) is 50.6 Å². The molecule has 3 aliphatic rings. The number of carboxylic acid groups (broad SMARTS) is 1. The van der Waals surface area contributed by atoms with Crippen LogP contribution in [0.15, 0.2) is 0 Å². The number of likely N-dealkylation sites (tertiary alicyclic amines) is 2. The normalized spacial score (nSPS) is 29.4. The number of piperidine rings is 1. The molecule has 1 N–H and O–H groups in total. The van der Waals surface area contributed by atoms with Gasteiger partial charge in [-0.3, -0.25) is 9.69 Å². The van der Waals surface area contributed by atoms with Crippen LogP contribution in [0.1, 0.15) is 38.5 Å². The van der Waals surface area contributed by atoms with Crippen molar-refractivity contribution in [3.63, 3.8) is 0 Å².